The van der Waals surface area contributed by atoms with E-state index in [1.807, 2.05) is 13.0 Å². The smallest absolute Gasteiger partial charge is 0.357 e. The molecule has 1 amide bonds. The van der Waals surface area contributed by atoms with E-state index in [2.05, 4.69) is 25.2 Å². The topological polar surface area (TPSA) is 75.9 Å². The summed E-state index contributed by atoms with van der Waals surface area (Å²) in [6, 6.07) is 9.23. The van der Waals surface area contributed by atoms with Gasteiger partial charge >= 0.3 is 6.18 Å². The van der Waals surface area contributed by atoms with Gasteiger partial charge < -0.3 is 14.8 Å². The lowest BCUT2D eigenvalue weighted by Crippen LogP contribution is -2.21. The number of hydrogen-bond donors (Lipinski definition) is 1. The molecule has 1 fully saturated rings. The number of aromatic nitrogens is 4. The molecule has 1 saturated heterocycles. The van der Waals surface area contributed by atoms with Crippen LogP contribution in [0.2, 0.25) is 0 Å². The Labute approximate surface area is 199 Å². The largest absolute Gasteiger partial charge is 0.433 e. The van der Waals surface area contributed by atoms with Gasteiger partial charge in [-0.1, -0.05) is 0 Å². The van der Waals surface area contributed by atoms with Gasteiger partial charge in [0.2, 0.25) is 0 Å². The zero-order valence-corrected chi connectivity index (χ0v) is 19.0. The summed E-state index contributed by atoms with van der Waals surface area (Å²) in [4.78, 5) is 27.9. The lowest BCUT2D eigenvalue weighted by Gasteiger charge is -2.18. The Morgan fingerprint density at radius 3 is 2.51 bits per heavy atom. The van der Waals surface area contributed by atoms with Gasteiger partial charge in [0, 0.05) is 37.4 Å². The van der Waals surface area contributed by atoms with Crippen LogP contribution in [0.5, 0.6) is 0 Å². The highest BCUT2D eigenvalue weighted by Crippen LogP contribution is 2.31. The van der Waals surface area contributed by atoms with E-state index in [0.717, 1.165) is 48.9 Å². The number of rotatable bonds is 5. The normalized spacial score (nSPS) is 14.0. The van der Waals surface area contributed by atoms with Crippen molar-refractivity contribution in [3.63, 3.8) is 0 Å². The van der Waals surface area contributed by atoms with Gasteiger partial charge in [0.1, 0.15) is 22.9 Å². The zero-order chi connectivity index (χ0) is 24.6. The molecule has 1 N–H and O–H groups in total. The van der Waals surface area contributed by atoms with Crippen LogP contribution in [0.3, 0.4) is 0 Å². The van der Waals surface area contributed by atoms with Crippen LogP contribution < -0.4 is 10.2 Å². The third-order valence-corrected chi connectivity index (χ3v) is 6.13. The van der Waals surface area contributed by atoms with Crippen LogP contribution >= 0.6 is 0 Å². The Hall–Kier alpha value is -3.95. The van der Waals surface area contributed by atoms with E-state index < -0.39 is 17.8 Å². The summed E-state index contributed by atoms with van der Waals surface area (Å²) in [6.45, 7) is 3.97. The number of carbonyl (C=O) groups excluding carboxylic acids is 1. The summed E-state index contributed by atoms with van der Waals surface area (Å²) >= 11 is 0. The Morgan fingerprint density at radius 1 is 1.09 bits per heavy atom. The molecular formula is C25H23F3N6O. The van der Waals surface area contributed by atoms with Gasteiger partial charge in [0.25, 0.3) is 5.91 Å². The van der Waals surface area contributed by atoms with Gasteiger partial charge in [-0.15, -0.1) is 0 Å². The number of fused-ring (bicyclic) bond motifs is 1. The maximum Gasteiger partial charge on any atom is 0.433 e. The van der Waals surface area contributed by atoms with Crippen molar-refractivity contribution in [1.82, 2.24) is 19.5 Å². The van der Waals surface area contributed by atoms with Crippen LogP contribution in [0.25, 0.3) is 11.0 Å². The number of pyridine rings is 3. The van der Waals surface area contributed by atoms with Gasteiger partial charge in [-0.2, -0.15) is 13.2 Å². The molecule has 0 bridgehead atoms. The number of halogens is 3. The highest BCUT2D eigenvalue weighted by Gasteiger charge is 2.33. The molecule has 1 aliphatic heterocycles. The van der Waals surface area contributed by atoms with E-state index in [9.17, 15) is 18.0 Å². The number of alkyl halides is 3. The number of nitrogens with one attached hydrogen (secondary N) is 1. The molecule has 0 atom stereocenters. The van der Waals surface area contributed by atoms with Gasteiger partial charge in [0.05, 0.1) is 11.9 Å². The molecule has 0 aliphatic carbocycles. The standard InChI is InChI=1S/C25H23F3N6O/c1-16-12-22(33-10-2-3-11-33)30-14-19(16)31-24(35)20-13-18-4-5-21(25(26,27)28)32-23(18)34(20)15-17-6-8-29-9-7-17/h4-9,12-14H,2-3,10-11,15H2,1H3,(H,31,35). The summed E-state index contributed by atoms with van der Waals surface area (Å²) in [6.07, 6.45) is 2.47. The van der Waals surface area contributed by atoms with Crippen molar-refractivity contribution in [1.29, 1.82) is 0 Å². The van der Waals surface area contributed by atoms with E-state index in [-0.39, 0.29) is 17.9 Å². The molecule has 0 aromatic carbocycles. The Balaban J connectivity index is 1.51. The fourth-order valence-corrected chi connectivity index (χ4v) is 4.28. The minimum absolute atomic E-state index is 0.0843. The number of hydrogen-bond acceptors (Lipinski definition) is 5. The number of aryl methyl sites for hydroxylation is 1. The number of amides is 1. The molecule has 5 heterocycles. The second-order valence-corrected chi connectivity index (χ2v) is 8.58. The minimum Gasteiger partial charge on any atom is -0.357 e. The number of carbonyl (C=O) groups is 1. The fourth-order valence-electron chi connectivity index (χ4n) is 4.28. The molecule has 7 nitrogen and oxygen atoms in total. The minimum atomic E-state index is -4.59. The highest BCUT2D eigenvalue weighted by molar-refractivity contribution is 6.06. The molecule has 180 valence electrons. The van der Waals surface area contributed by atoms with Crippen LogP contribution in [0.15, 0.2) is 55.0 Å². The number of anilines is 2. The molecule has 35 heavy (non-hydrogen) atoms. The summed E-state index contributed by atoms with van der Waals surface area (Å²) in [7, 11) is 0. The molecule has 4 aromatic rings. The quantitative estimate of drug-likeness (QED) is 0.433. The molecule has 0 spiro atoms. The van der Waals surface area contributed by atoms with Gasteiger partial charge in [0.15, 0.2) is 0 Å². The van der Waals surface area contributed by atoms with Crippen molar-refractivity contribution in [3.05, 3.63) is 77.5 Å². The second-order valence-electron chi connectivity index (χ2n) is 8.58. The fraction of sp³-hybridized carbons (Fsp3) is 0.280. The van der Waals surface area contributed by atoms with Crippen molar-refractivity contribution >= 4 is 28.4 Å². The third kappa shape index (κ3) is 4.68. The predicted molar refractivity (Wildman–Crippen MR) is 126 cm³/mol. The SMILES string of the molecule is Cc1cc(N2CCCC2)ncc1NC(=O)c1cc2ccc(C(F)(F)F)nc2n1Cc1ccncc1. The van der Waals surface area contributed by atoms with E-state index in [4.69, 9.17) is 0 Å². The first kappa shape index (κ1) is 22.8. The van der Waals surface area contributed by atoms with E-state index in [1.54, 1.807) is 36.8 Å². The summed E-state index contributed by atoms with van der Waals surface area (Å²) in [5.41, 5.74) is 1.45. The van der Waals surface area contributed by atoms with Crippen LogP contribution in [0, 0.1) is 6.92 Å². The van der Waals surface area contributed by atoms with Gasteiger partial charge in [-0.3, -0.25) is 9.78 Å². The lowest BCUT2D eigenvalue weighted by molar-refractivity contribution is -0.141. The first-order valence-electron chi connectivity index (χ1n) is 11.3. The Kier molecular flexibility index (Phi) is 5.88. The maximum atomic E-state index is 13.3. The molecule has 0 radical (unpaired) electrons. The van der Waals surface area contributed by atoms with Crippen LogP contribution in [0.4, 0.5) is 24.7 Å². The zero-order valence-electron chi connectivity index (χ0n) is 19.0. The van der Waals surface area contributed by atoms with Crippen LogP contribution in [0.1, 0.15) is 40.2 Å². The first-order valence-corrected chi connectivity index (χ1v) is 11.3. The molecule has 1 aliphatic rings. The van der Waals surface area contributed by atoms with Crippen molar-refractivity contribution in [3.8, 4) is 0 Å². The van der Waals surface area contributed by atoms with Crippen molar-refractivity contribution < 1.29 is 18.0 Å². The molecule has 4 aromatic heterocycles. The third-order valence-electron chi connectivity index (χ3n) is 6.13. The van der Waals surface area contributed by atoms with E-state index in [1.165, 1.54) is 10.6 Å². The first-order chi connectivity index (χ1) is 16.8. The van der Waals surface area contributed by atoms with Crippen molar-refractivity contribution in [2.45, 2.75) is 32.5 Å². The molecular weight excluding hydrogens is 457 g/mol. The Bertz CT molecular complexity index is 1380. The lowest BCUT2D eigenvalue weighted by atomic mass is 10.2. The van der Waals surface area contributed by atoms with Crippen molar-refractivity contribution in [2.24, 2.45) is 0 Å². The van der Waals surface area contributed by atoms with Crippen LogP contribution in [-0.2, 0) is 12.7 Å². The second kappa shape index (κ2) is 9.01. The summed E-state index contributed by atoms with van der Waals surface area (Å²) < 4.78 is 41.5. The van der Waals surface area contributed by atoms with E-state index >= 15 is 0 Å². The average molecular weight is 480 g/mol. The highest BCUT2D eigenvalue weighted by atomic mass is 19.4. The molecule has 0 unspecified atom stereocenters. The monoisotopic (exact) mass is 480 g/mol. The number of nitrogens with zero attached hydrogens (tertiary/aromatic N) is 5. The molecule has 10 heteroatoms. The molecule has 0 saturated carbocycles. The maximum absolute atomic E-state index is 13.3. The van der Waals surface area contributed by atoms with Crippen LogP contribution in [-0.4, -0.2) is 38.5 Å². The predicted octanol–water partition coefficient (Wildman–Crippen LogP) is 5.05. The van der Waals surface area contributed by atoms with E-state index in [0.29, 0.717) is 11.1 Å². The summed E-state index contributed by atoms with van der Waals surface area (Å²) in [5, 5.41) is 3.31. The summed E-state index contributed by atoms with van der Waals surface area (Å²) in [5.74, 6) is 0.415. The van der Waals surface area contributed by atoms with Crippen molar-refractivity contribution in [2.75, 3.05) is 23.3 Å². The van der Waals surface area contributed by atoms with Gasteiger partial charge in [-0.05, 0) is 67.3 Å². The Morgan fingerprint density at radius 2 is 1.83 bits per heavy atom. The average Bonchev–Trinajstić information content (AvgIpc) is 3.49. The van der Waals surface area contributed by atoms with Gasteiger partial charge in [-0.25, -0.2) is 9.97 Å². The molecule has 5 rings (SSSR count).